The molecular weight excluding hydrogens is 270 g/mol. The smallest absolute Gasteiger partial charge is 0.298 e. The van der Waals surface area contributed by atoms with Gasteiger partial charge in [0, 0.05) is 6.07 Å². The minimum atomic E-state index is 0.525. The molecule has 0 aliphatic carbocycles. The molecule has 0 radical (unpaired) electrons. The van der Waals surface area contributed by atoms with Gasteiger partial charge in [-0.1, -0.05) is 44.2 Å². The van der Waals surface area contributed by atoms with Crippen LogP contribution >= 0.6 is 11.6 Å². The Labute approximate surface area is 123 Å². The first-order chi connectivity index (χ1) is 9.63. The number of nitrogens with zero attached hydrogens (tertiary/aromatic N) is 1. The van der Waals surface area contributed by atoms with E-state index in [0.29, 0.717) is 11.1 Å². The fraction of sp³-hybridized carbons (Fsp3) is 0.250. The molecule has 3 aromatic rings. The molecule has 0 aliphatic heterocycles. The normalized spacial score (nSPS) is 11.4. The molecule has 20 heavy (non-hydrogen) atoms. The highest BCUT2D eigenvalue weighted by Gasteiger charge is 2.17. The first kappa shape index (κ1) is 13.1. The van der Waals surface area contributed by atoms with Crippen molar-refractivity contribution < 1.29 is 4.98 Å². The molecule has 0 bridgehead atoms. The van der Waals surface area contributed by atoms with E-state index in [4.69, 9.17) is 11.6 Å². The lowest BCUT2D eigenvalue weighted by atomic mass is 10.1. The van der Waals surface area contributed by atoms with Crippen molar-refractivity contribution in [1.82, 2.24) is 9.97 Å². The quantitative estimate of drug-likeness (QED) is 0.729. The standard InChI is InChI=1S/C16H16ClN3/c1-10(2)8-14-18-13-9-12(11-6-4-3-5-7-11)19-15(13)16(17)20-14/h3-7,9-10,19H,8H2,1-2H3/p+1. The third kappa shape index (κ3) is 2.54. The van der Waals surface area contributed by atoms with E-state index in [-0.39, 0.29) is 0 Å². The molecule has 2 heterocycles. The maximum absolute atomic E-state index is 6.28. The van der Waals surface area contributed by atoms with Crippen LogP contribution in [0.4, 0.5) is 0 Å². The van der Waals surface area contributed by atoms with Crippen molar-refractivity contribution in [2.45, 2.75) is 20.3 Å². The lowest BCUT2D eigenvalue weighted by molar-refractivity contribution is -0.363. The lowest BCUT2D eigenvalue weighted by Crippen LogP contribution is -2.16. The molecule has 1 aromatic carbocycles. The first-order valence-corrected chi connectivity index (χ1v) is 7.17. The predicted octanol–water partition coefficient (Wildman–Crippen LogP) is 3.90. The predicted molar refractivity (Wildman–Crippen MR) is 81.6 cm³/mol. The van der Waals surface area contributed by atoms with Crippen LogP contribution in [0.15, 0.2) is 36.4 Å². The van der Waals surface area contributed by atoms with Crippen LogP contribution < -0.4 is 4.98 Å². The van der Waals surface area contributed by atoms with Crippen LogP contribution in [0, 0.1) is 5.92 Å². The van der Waals surface area contributed by atoms with Crippen LogP contribution in [0.5, 0.6) is 0 Å². The molecule has 0 saturated heterocycles. The molecule has 3 rings (SSSR count). The topological polar surface area (TPSA) is 42.8 Å². The van der Waals surface area contributed by atoms with Crippen LogP contribution in [0.25, 0.3) is 22.3 Å². The van der Waals surface area contributed by atoms with Crippen molar-refractivity contribution in [3.05, 3.63) is 47.4 Å². The second-order valence-corrected chi connectivity index (χ2v) is 5.77. The van der Waals surface area contributed by atoms with Gasteiger partial charge >= 0.3 is 0 Å². The monoisotopic (exact) mass is 286 g/mol. The van der Waals surface area contributed by atoms with Gasteiger partial charge in [-0.05, 0) is 28.1 Å². The Bertz CT molecular complexity index is 732. The van der Waals surface area contributed by atoms with Gasteiger partial charge in [0.1, 0.15) is 0 Å². The average Bonchev–Trinajstić information content (AvgIpc) is 2.83. The molecule has 0 atom stereocenters. The van der Waals surface area contributed by atoms with Crippen molar-refractivity contribution in [3.63, 3.8) is 0 Å². The average molecular weight is 287 g/mol. The fourth-order valence-electron chi connectivity index (χ4n) is 2.33. The molecule has 0 spiro atoms. The maximum atomic E-state index is 6.28. The van der Waals surface area contributed by atoms with Crippen molar-refractivity contribution in [2.24, 2.45) is 5.92 Å². The second kappa shape index (κ2) is 5.25. The van der Waals surface area contributed by atoms with E-state index in [1.54, 1.807) is 0 Å². The third-order valence-electron chi connectivity index (χ3n) is 3.22. The molecule has 2 aromatic heterocycles. The molecule has 0 amide bonds. The van der Waals surface area contributed by atoms with E-state index in [9.17, 15) is 0 Å². The fourth-order valence-corrected chi connectivity index (χ4v) is 2.58. The summed E-state index contributed by atoms with van der Waals surface area (Å²) >= 11 is 6.28. The summed E-state index contributed by atoms with van der Waals surface area (Å²) in [6, 6.07) is 12.3. The summed E-state index contributed by atoms with van der Waals surface area (Å²) in [6.45, 7) is 4.33. The number of H-pyrrole nitrogens is 2. The molecule has 4 heteroatoms. The number of nitrogens with one attached hydrogen (secondary N) is 2. The van der Waals surface area contributed by atoms with E-state index in [1.165, 1.54) is 0 Å². The van der Waals surface area contributed by atoms with Gasteiger partial charge in [-0.15, -0.1) is 0 Å². The van der Waals surface area contributed by atoms with E-state index >= 15 is 0 Å². The minimum absolute atomic E-state index is 0.525. The highest BCUT2D eigenvalue weighted by molar-refractivity contribution is 6.33. The van der Waals surface area contributed by atoms with Gasteiger partial charge in [0.05, 0.1) is 12.1 Å². The summed E-state index contributed by atoms with van der Waals surface area (Å²) in [4.78, 5) is 11.1. The van der Waals surface area contributed by atoms with E-state index in [0.717, 1.165) is 34.5 Å². The van der Waals surface area contributed by atoms with Gasteiger partial charge < -0.3 is 4.98 Å². The highest BCUT2D eigenvalue weighted by Crippen LogP contribution is 2.25. The molecule has 0 saturated carbocycles. The molecule has 0 fully saturated rings. The second-order valence-electron chi connectivity index (χ2n) is 5.41. The number of fused-ring (bicyclic) bond motifs is 1. The number of benzene rings is 1. The summed E-state index contributed by atoms with van der Waals surface area (Å²) in [5.41, 5.74) is 4.04. The maximum Gasteiger partial charge on any atom is 0.298 e. The van der Waals surface area contributed by atoms with Crippen molar-refractivity contribution >= 4 is 22.6 Å². The van der Waals surface area contributed by atoms with Crippen LogP contribution in [-0.2, 0) is 6.42 Å². The van der Waals surface area contributed by atoms with Crippen LogP contribution in [0.1, 0.15) is 19.7 Å². The summed E-state index contributed by atoms with van der Waals surface area (Å²) < 4.78 is 0. The summed E-state index contributed by atoms with van der Waals surface area (Å²) in [6.07, 6.45) is 0.890. The number of hydrogen-bond donors (Lipinski definition) is 1. The highest BCUT2D eigenvalue weighted by atomic mass is 35.5. The Balaban J connectivity index is 2.09. The van der Waals surface area contributed by atoms with E-state index in [1.807, 2.05) is 18.2 Å². The Morgan fingerprint density at radius 3 is 2.70 bits per heavy atom. The third-order valence-corrected chi connectivity index (χ3v) is 3.50. The zero-order chi connectivity index (χ0) is 14.1. The zero-order valence-corrected chi connectivity index (χ0v) is 12.3. The minimum Gasteiger partial charge on any atom is -0.347 e. The van der Waals surface area contributed by atoms with E-state index < -0.39 is 0 Å². The molecular formula is C16H17ClN3+. The molecule has 0 aliphatic rings. The van der Waals surface area contributed by atoms with E-state index in [2.05, 4.69) is 47.0 Å². The number of rotatable bonds is 3. The van der Waals surface area contributed by atoms with Crippen molar-refractivity contribution in [2.75, 3.05) is 0 Å². The summed E-state index contributed by atoms with van der Waals surface area (Å²) in [7, 11) is 0. The summed E-state index contributed by atoms with van der Waals surface area (Å²) in [5, 5.41) is 0.525. The van der Waals surface area contributed by atoms with Gasteiger partial charge in [0.25, 0.3) is 11.0 Å². The Morgan fingerprint density at radius 1 is 1.25 bits per heavy atom. The SMILES string of the molecule is CC(C)Cc1nc(Cl)c2[nH]c(-c3ccccc3)cc2[nH+]1. The number of halogens is 1. The van der Waals surface area contributed by atoms with Crippen LogP contribution in [-0.4, -0.2) is 9.97 Å². The largest absolute Gasteiger partial charge is 0.347 e. The van der Waals surface area contributed by atoms with Crippen LogP contribution in [0.2, 0.25) is 5.15 Å². The number of aromatic nitrogens is 3. The van der Waals surface area contributed by atoms with Gasteiger partial charge in [-0.2, -0.15) is 0 Å². The number of aromatic amines is 2. The van der Waals surface area contributed by atoms with Gasteiger partial charge in [-0.3, -0.25) is 0 Å². The van der Waals surface area contributed by atoms with Crippen molar-refractivity contribution in [1.29, 1.82) is 0 Å². The molecule has 2 N–H and O–H groups in total. The molecule has 0 unspecified atom stereocenters. The van der Waals surface area contributed by atoms with Gasteiger partial charge in [-0.25, -0.2) is 4.98 Å². The Kier molecular flexibility index (Phi) is 3.45. The Morgan fingerprint density at radius 2 is 2.00 bits per heavy atom. The lowest BCUT2D eigenvalue weighted by Gasteiger charge is -1.97. The van der Waals surface area contributed by atoms with Gasteiger partial charge in [0.15, 0.2) is 11.0 Å². The molecule has 3 nitrogen and oxygen atoms in total. The number of hydrogen-bond acceptors (Lipinski definition) is 1. The summed E-state index contributed by atoms with van der Waals surface area (Å²) in [5.74, 6) is 1.47. The first-order valence-electron chi connectivity index (χ1n) is 6.79. The van der Waals surface area contributed by atoms with Crippen LogP contribution in [0.3, 0.4) is 0 Å². The molecule has 102 valence electrons. The zero-order valence-electron chi connectivity index (χ0n) is 11.6. The van der Waals surface area contributed by atoms with Gasteiger partial charge in [0.2, 0.25) is 0 Å². The van der Waals surface area contributed by atoms with Crippen molar-refractivity contribution in [3.8, 4) is 11.3 Å². The Hall–Kier alpha value is -1.87.